The van der Waals surface area contributed by atoms with Gasteiger partial charge in [-0.05, 0) is 67.8 Å². The van der Waals surface area contributed by atoms with Crippen LogP contribution in [0.15, 0.2) is 70.2 Å². The van der Waals surface area contributed by atoms with Gasteiger partial charge in [0, 0.05) is 11.8 Å². The van der Waals surface area contributed by atoms with Gasteiger partial charge in [0.1, 0.15) is 5.76 Å². The average molecular weight is 482 g/mol. The number of aryl methyl sites for hydroxylation is 3. The van der Waals surface area contributed by atoms with E-state index in [0.29, 0.717) is 11.3 Å². The number of benzene rings is 2. The van der Waals surface area contributed by atoms with E-state index in [4.69, 9.17) is 4.42 Å². The third-order valence-electron chi connectivity index (χ3n) is 5.00. The smallest absolute Gasteiger partial charge is 0.244 e. The summed E-state index contributed by atoms with van der Waals surface area (Å²) in [7, 11) is -3.69. The highest BCUT2D eigenvalue weighted by Crippen LogP contribution is 2.21. The molecule has 3 rings (SSSR count). The van der Waals surface area contributed by atoms with Crippen LogP contribution in [0.3, 0.4) is 0 Å². The maximum atomic E-state index is 12.4. The van der Waals surface area contributed by atoms with E-state index in [1.54, 1.807) is 24.3 Å². The highest BCUT2D eigenvalue weighted by molar-refractivity contribution is 7.89. The van der Waals surface area contributed by atoms with Crippen LogP contribution in [0.25, 0.3) is 6.08 Å². The van der Waals surface area contributed by atoms with Crippen LogP contribution in [-0.2, 0) is 26.2 Å². The van der Waals surface area contributed by atoms with E-state index in [1.807, 2.05) is 32.9 Å². The van der Waals surface area contributed by atoms with Crippen LogP contribution in [0.1, 0.15) is 28.0 Å². The van der Waals surface area contributed by atoms with Crippen LogP contribution < -0.4 is 15.4 Å². The highest BCUT2D eigenvalue weighted by Gasteiger charge is 2.14. The molecule has 0 unspecified atom stereocenters. The highest BCUT2D eigenvalue weighted by atomic mass is 32.2. The molecule has 8 nitrogen and oxygen atoms in total. The number of hydrogen-bond donors (Lipinski definition) is 3. The summed E-state index contributed by atoms with van der Waals surface area (Å²) in [4.78, 5) is 24.4. The molecule has 0 bridgehead atoms. The number of hydrogen-bond acceptors (Lipinski definition) is 5. The van der Waals surface area contributed by atoms with Gasteiger partial charge < -0.3 is 15.1 Å². The van der Waals surface area contributed by atoms with Gasteiger partial charge in [0.2, 0.25) is 21.8 Å². The van der Waals surface area contributed by atoms with Crippen molar-refractivity contribution in [1.82, 2.24) is 10.0 Å². The molecule has 0 saturated carbocycles. The quantitative estimate of drug-likeness (QED) is 0.405. The monoisotopic (exact) mass is 481 g/mol. The van der Waals surface area contributed by atoms with Crippen LogP contribution in [0.2, 0.25) is 0 Å². The van der Waals surface area contributed by atoms with Gasteiger partial charge in [0.25, 0.3) is 0 Å². The Kier molecular flexibility index (Phi) is 8.04. The summed E-state index contributed by atoms with van der Waals surface area (Å²) < 4.78 is 32.3. The van der Waals surface area contributed by atoms with E-state index >= 15 is 0 Å². The first-order chi connectivity index (χ1) is 16.1. The number of furan rings is 1. The topological polar surface area (TPSA) is 118 Å². The molecule has 2 amide bonds. The largest absolute Gasteiger partial charge is 0.468 e. The van der Waals surface area contributed by atoms with E-state index < -0.39 is 15.9 Å². The molecule has 2 aromatic carbocycles. The Hall–Kier alpha value is -3.69. The first kappa shape index (κ1) is 24.9. The van der Waals surface area contributed by atoms with Crippen molar-refractivity contribution in [3.63, 3.8) is 0 Å². The minimum atomic E-state index is -3.69. The molecule has 178 valence electrons. The average Bonchev–Trinajstić information content (AvgIpc) is 3.31. The van der Waals surface area contributed by atoms with E-state index in [-0.39, 0.29) is 23.9 Å². The zero-order chi connectivity index (χ0) is 24.7. The molecular weight excluding hydrogens is 454 g/mol. The first-order valence-corrected chi connectivity index (χ1v) is 12.1. The number of rotatable bonds is 9. The van der Waals surface area contributed by atoms with Gasteiger partial charge in [-0.15, -0.1) is 0 Å². The zero-order valence-corrected chi connectivity index (χ0v) is 20.0. The second-order valence-corrected chi connectivity index (χ2v) is 9.61. The van der Waals surface area contributed by atoms with E-state index in [9.17, 15) is 18.0 Å². The van der Waals surface area contributed by atoms with Crippen LogP contribution in [0.4, 0.5) is 5.69 Å². The minimum absolute atomic E-state index is 0.0494. The van der Waals surface area contributed by atoms with Crippen molar-refractivity contribution in [1.29, 1.82) is 0 Å². The number of sulfonamides is 1. The molecule has 0 fully saturated rings. The third-order valence-corrected chi connectivity index (χ3v) is 6.42. The Morgan fingerprint density at radius 1 is 1.00 bits per heavy atom. The first-order valence-electron chi connectivity index (χ1n) is 10.6. The number of carbonyl (C=O) groups is 2. The Morgan fingerprint density at radius 2 is 1.68 bits per heavy atom. The van der Waals surface area contributed by atoms with Gasteiger partial charge in [0.15, 0.2) is 0 Å². The number of carbonyl (C=O) groups excluding carboxylic acids is 2. The van der Waals surface area contributed by atoms with Crippen molar-refractivity contribution in [2.24, 2.45) is 0 Å². The lowest BCUT2D eigenvalue weighted by molar-refractivity contribution is -0.121. The van der Waals surface area contributed by atoms with E-state index in [0.717, 1.165) is 22.4 Å². The Balaban J connectivity index is 1.50. The number of anilines is 1. The van der Waals surface area contributed by atoms with E-state index in [2.05, 4.69) is 15.4 Å². The van der Waals surface area contributed by atoms with Crippen LogP contribution in [-0.4, -0.2) is 26.8 Å². The van der Waals surface area contributed by atoms with Crippen molar-refractivity contribution in [2.75, 3.05) is 11.9 Å². The Bertz CT molecular complexity index is 1270. The normalized spacial score (nSPS) is 11.5. The zero-order valence-electron chi connectivity index (χ0n) is 19.2. The number of amides is 2. The standard InChI is InChI=1S/C25H27N3O5S/c1-17-13-18(2)25(19(3)14-17)28-24(30)16-26-23(29)11-8-20-6-9-22(10-7-20)34(31,32)27-15-21-5-4-12-33-21/h4-14,27H,15-16H2,1-3H3,(H,26,29)(H,28,30)/b11-8+. The van der Waals surface area contributed by atoms with Gasteiger partial charge in [-0.3, -0.25) is 9.59 Å². The van der Waals surface area contributed by atoms with E-state index in [1.165, 1.54) is 30.5 Å². The molecule has 0 aliphatic carbocycles. The molecule has 9 heteroatoms. The van der Waals surface area contributed by atoms with Gasteiger partial charge in [-0.25, -0.2) is 13.1 Å². The summed E-state index contributed by atoms with van der Waals surface area (Å²) in [6.07, 6.45) is 4.29. The minimum Gasteiger partial charge on any atom is -0.468 e. The summed E-state index contributed by atoms with van der Waals surface area (Å²) in [6.45, 7) is 5.71. The molecule has 3 aromatic rings. The van der Waals surface area contributed by atoms with Crippen molar-refractivity contribution in [3.8, 4) is 0 Å². The van der Waals surface area contributed by atoms with Gasteiger partial charge in [0.05, 0.1) is 24.2 Å². The Labute approximate surface area is 199 Å². The summed E-state index contributed by atoms with van der Waals surface area (Å²) in [6, 6.07) is 13.4. The second kappa shape index (κ2) is 11.0. The molecule has 0 atom stereocenters. The van der Waals surface area contributed by atoms with Crippen LogP contribution in [0, 0.1) is 20.8 Å². The lowest BCUT2D eigenvalue weighted by Crippen LogP contribution is -2.32. The van der Waals surface area contributed by atoms with Crippen LogP contribution >= 0.6 is 0 Å². The number of nitrogens with one attached hydrogen (secondary N) is 3. The predicted molar refractivity (Wildman–Crippen MR) is 131 cm³/mol. The van der Waals surface area contributed by atoms with Gasteiger partial charge >= 0.3 is 0 Å². The lowest BCUT2D eigenvalue weighted by Gasteiger charge is -2.13. The molecule has 0 radical (unpaired) electrons. The summed E-state index contributed by atoms with van der Waals surface area (Å²) in [5.41, 5.74) is 4.41. The Morgan fingerprint density at radius 3 is 2.29 bits per heavy atom. The molecule has 0 spiro atoms. The van der Waals surface area contributed by atoms with Crippen molar-refractivity contribution < 1.29 is 22.4 Å². The summed E-state index contributed by atoms with van der Waals surface area (Å²) in [5, 5.41) is 5.36. The maximum absolute atomic E-state index is 12.4. The fourth-order valence-corrected chi connectivity index (χ4v) is 4.37. The van der Waals surface area contributed by atoms with Crippen LogP contribution in [0.5, 0.6) is 0 Å². The fourth-order valence-electron chi connectivity index (χ4n) is 3.38. The molecule has 1 heterocycles. The molecule has 0 saturated heterocycles. The maximum Gasteiger partial charge on any atom is 0.244 e. The fraction of sp³-hybridized carbons (Fsp3) is 0.200. The molecule has 0 aliphatic rings. The molecular formula is C25H27N3O5S. The molecule has 34 heavy (non-hydrogen) atoms. The summed E-state index contributed by atoms with van der Waals surface area (Å²) >= 11 is 0. The van der Waals surface area contributed by atoms with Crippen molar-refractivity contribution in [3.05, 3.63) is 88.9 Å². The van der Waals surface area contributed by atoms with Gasteiger partial charge in [-0.1, -0.05) is 29.8 Å². The molecule has 1 aromatic heterocycles. The second-order valence-electron chi connectivity index (χ2n) is 7.85. The van der Waals surface area contributed by atoms with Gasteiger partial charge in [-0.2, -0.15) is 0 Å². The lowest BCUT2D eigenvalue weighted by atomic mass is 10.1. The van der Waals surface area contributed by atoms with Crippen molar-refractivity contribution in [2.45, 2.75) is 32.2 Å². The third kappa shape index (κ3) is 6.90. The predicted octanol–water partition coefficient (Wildman–Crippen LogP) is 3.45. The molecule has 0 aliphatic heterocycles. The van der Waals surface area contributed by atoms with Crippen molar-refractivity contribution >= 4 is 33.6 Å². The SMILES string of the molecule is Cc1cc(C)c(NC(=O)CNC(=O)/C=C/c2ccc(S(=O)(=O)NCc3ccco3)cc2)c(C)c1. The molecule has 3 N–H and O–H groups in total. The summed E-state index contributed by atoms with van der Waals surface area (Å²) in [5.74, 6) is -0.260.